The highest BCUT2D eigenvalue weighted by molar-refractivity contribution is 5.93. The van der Waals surface area contributed by atoms with Crippen LogP contribution in [-0.4, -0.2) is 59.9 Å². The maximum absolute atomic E-state index is 13.3. The third-order valence-electron chi connectivity index (χ3n) is 5.28. The normalized spacial score (nSPS) is 14.1. The van der Waals surface area contributed by atoms with Crippen molar-refractivity contribution >= 4 is 17.6 Å². The molecule has 1 aliphatic rings. The molecular weight excluding hydrogens is 387 g/mol. The molecule has 0 atom stereocenters. The van der Waals surface area contributed by atoms with Gasteiger partial charge in [-0.2, -0.15) is 0 Å². The van der Waals surface area contributed by atoms with Gasteiger partial charge in [0.2, 0.25) is 5.91 Å². The summed E-state index contributed by atoms with van der Waals surface area (Å²) in [7, 11) is 0. The van der Waals surface area contributed by atoms with E-state index in [1.54, 1.807) is 47.4 Å². The van der Waals surface area contributed by atoms with Gasteiger partial charge in [-0.1, -0.05) is 31.2 Å². The Hall–Kier alpha value is -2.97. The number of hydrogen-bond donors (Lipinski definition) is 1. The van der Waals surface area contributed by atoms with Gasteiger partial charge in [0.25, 0.3) is 0 Å². The lowest BCUT2D eigenvalue weighted by Crippen LogP contribution is -2.52. The molecule has 1 fully saturated rings. The third kappa shape index (κ3) is 5.55. The first-order valence-electron chi connectivity index (χ1n) is 9.84. The first kappa shape index (κ1) is 23.3. The van der Waals surface area contributed by atoms with Crippen LogP contribution in [0.3, 0.4) is 0 Å². The zero-order valence-electron chi connectivity index (χ0n) is 17.2. The molecule has 0 bridgehead atoms. The largest absolute Gasteiger partial charge is 0.412 e. The van der Waals surface area contributed by atoms with Crippen molar-refractivity contribution in [3.8, 4) is 0 Å². The smallest absolute Gasteiger partial charge is 0.324 e. The van der Waals surface area contributed by atoms with Crippen molar-refractivity contribution in [3.63, 3.8) is 0 Å². The number of piperazine rings is 1. The summed E-state index contributed by atoms with van der Waals surface area (Å²) in [6.07, 6.45) is 0. The minimum absolute atomic E-state index is 0. The molecule has 1 saturated heterocycles. The number of nitrogens with zero attached hydrogens (tertiary/aromatic N) is 3. The molecule has 7 nitrogen and oxygen atoms in total. The van der Waals surface area contributed by atoms with Crippen molar-refractivity contribution < 1.29 is 19.5 Å². The van der Waals surface area contributed by atoms with Crippen molar-refractivity contribution in [2.45, 2.75) is 20.1 Å². The van der Waals surface area contributed by atoms with E-state index in [0.29, 0.717) is 36.4 Å². The lowest BCUT2D eigenvalue weighted by atomic mass is 10.1. The molecule has 0 aromatic heterocycles. The van der Waals surface area contributed by atoms with E-state index in [1.807, 2.05) is 11.0 Å². The van der Waals surface area contributed by atoms with Gasteiger partial charge >= 0.3 is 6.03 Å². The summed E-state index contributed by atoms with van der Waals surface area (Å²) in [6.45, 7) is 5.82. The summed E-state index contributed by atoms with van der Waals surface area (Å²) in [4.78, 5) is 30.5. The van der Waals surface area contributed by atoms with Crippen LogP contribution < -0.4 is 10.6 Å². The number of urea groups is 1. The Labute approximate surface area is 176 Å². The van der Waals surface area contributed by atoms with Gasteiger partial charge in [-0.25, -0.2) is 9.18 Å². The molecule has 0 unspecified atom stereocenters. The van der Waals surface area contributed by atoms with Gasteiger partial charge in [0, 0.05) is 37.4 Å². The summed E-state index contributed by atoms with van der Waals surface area (Å²) in [5, 5.41) is 0. The van der Waals surface area contributed by atoms with E-state index in [9.17, 15) is 14.0 Å². The molecule has 30 heavy (non-hydrogen) atoms. The zero-order valence-corrected chi connectivity index (χ0v) is 17.2. The molecule has 4 N–H and O–H groups in total. The third-order valence-corrected chi connectivity index (χ3v) is 5.28. The van der Waals surface area contributed by atoms with Crippen LogP contribution in [0.1, 0.15) is 28.4 Å². The molecule has 0 aliphatic carbocycles. The lowest BCUT2D eigenvalue weighted by molar-refractivity contribution is 0.1000. The topological polar surface area (TPSA) is 101 Å². The molecule has 2 aromatic rings. The van der Waals surface area contributed by atoms with Crippen LogP contribution in [-0.2, 0) is 13.2 Å². The summed E-state index contributed by atoms with van der Waals surface area (Å²) in [5.41, 5.74) is 7.77. The van der Waals surface area contributed by atoms with E-state index in [-0.39, 0.29) is 11.5 Å². The molecule has 1 aliphatic heterocycles. The van der Waals surface area contributed by atoms with Gasteiger partial charge in [0.05, 0.1) is 6.54 Å². The van der Waals surface area contributed by atoms with Crippen LogP contribution in [0.15, 0.2) is 48.5 Å². The maximum atomic E-state index is 13.3. The number of anilines is 1. The van der Waals surface area contributed by atoms with E-state index in [0.717, 1.165) is 25.2 Å². The Bertz CT molecular complexity index is 852. The summed E-state index contributed by atoms with van der Waals surface area (Å²) >= 11 is 0. The second-order valence-corrected chi connectivity index (χ2v) is 7.15. The fourth-order valence-corrected chi connectivity index (χ4v) is 3.46. The number of halogens is 1. The SMILES string of the molecule is CCN1CCN(C(=O)N(Cc2ccc(C(N)=O)cc2)c2cccc(CF)c2)CC1.O. The maximum Gasteiger partial charge on any atom is 0.324 e. The minimum Gasteiger partial charge on any atom is -0.412 e. The molecule has 3 amide bonds. The number of amides is 3. The Morgan fingerprint density at radius 1 is 1.03 bits per heavy atom. The van der Waals surface area contributed by atoms with Crippen LogP contribution in [0.5, 0.6) is 0 Å². The first-order chi connectivity index (χ1) is 14.0. The summed E-state index contributed by atoms with van der Waals surface area (Å²) in [6, 6.07) is 13.8. The summed E-state index contributed by atoms with van der Waals surface area (Å²) in [5.74, 6) is -0.492. The molecule has 2 aromatic carbocycles. The van der Waals surface area contributed by atoms with Crippen molar-refractivity contribution in [2.24, 2.45) is 5.73 Å². The Morgan fingerprint density at radius 2 is 1.70 bits per heavy atom. The van der Waals surface area contributed by atoms with Crippen LogP contribution in [0.25, 0.3) is 0 Å². The van der Waals surface area contributed by atoms with E-state index in [2.05, 4.69) is 11.8 Å². The summed E-state index contributed by atoms with van der Waals surface area (Å²) < 4.78 is 13.2. The number of nitrogens with two attached hydrogens (primary N) is 1. The second-order valence-electron chi connectivity index (χ2n) is 7.15. The highest BCUT2D eigenvalue weighted by Crippen LogP contribution is 2.22. The van der Waals surface area contributed by atoms with E-state index < -0.39 is 12.6 Å². The number of hydrogen-bond acceptors (Lipinski definition) is 3. The molecule has 0 radical (unpaired) electrons. The quantitative estimate of drug-likeness (QED) is 0.781. The van der Waals surface area contributed by atoms with Crippen LogP contribution in [0, 0.1) is 0 Å². The standard InChI is InChI=1S/C22H27FN4O2.H2O/c1-2-25-10-12-26(13-11-25)22(29)27(20-5-3-4-18(14-20)15-23)16-17-6-8-19(9-7-17)21(24)28;/h3-9,14H,2,10-13,15-16H2,1H3,(H2,24,28);1H2. The number of alkyl halides is 1. The van der Waals surface area contributed by atoms with Gasteiger partial charge in [0.1, 0.15) is 6.67 Å². The second kappa shape index (κ2) is 10.7. The predicted octanol–water partition coefficient (Wildman–Crippen LogP) is 2.19. The predicted molar refractivity (Wildman–Crippen MR) is 115 cm³/mol. The first-order valence-corrected chi connectivity index (χ1v) is 9.84. The number of benzene rings is 2. The van der Waals surface area contributed by atoms with Crippen LogP contribution in [0.2, 0.25) is 0 Å². The van der Waals surface area contributed by atoms with Crippen molar-refractivity contribution in [1.29, 1.82) is 0 Å². The Kier molecular flexibility index (Phi) is 8.32. The van der Waals surface area contributed by atoms with Crippen molar-refractivity contribution in [2.75, 3.05) is 37.6 Å². The molecule has 8 heteroatoms. The Morgan fingerprint density at radius 3 is 2.27 bits per heavy atom. The average Bonchev–Trinajstić information content (AvgIpc) is 2.77. The van der Waals surface area contributed by atoms with Crippen molar-refractivity contribution in [1.82, 2.24) is 9.80 Å². The molecule has 0 spiro atoms. The average molecular weight is 416 g/mol. The van der Waals surface area contributed by atoms with Gasteiger partial charge in [-0.15, -0.1) is 0 Å². The molecule has 162 valence electrons. The van der Waals surface area contributed by atoms with Crippen LogP contribution >= 0.6 is 0 Å². The highest BCUT2D eigenvalue weighted by Gasteiger charge is 2.26. The lowest BCUT2D eigenvalue weighted by Gasteiger charge is -2.37. The van der Waals surface area contributed by atoms with Crippen molar-refractivity contribution in [3.05, 3.63) is 65.2 Å². The number of carbonyl (C=O) groups is 2. The highest BCUT2D eigenvalue weighted by atomic mass is 19.1. The zero-order chi connectivity index (χ0) is 20.8. The van der Waals surface area contributed by atoms with Crippen LogP contribution in [0.4, 0.5) is 14.9 Å². The van der Waals surface area contributed by atoms with Gasteiger partial charge < -0.3 is 21.0 Å². The fourth-order valence-electron chi connectivity index (χ4n) is 3.46. The molecular formula is C22H29FN4O3. The fraction of sp³-hybridized carbons (Fsp3) is 0.364. The monoisotopic (exact) mass is 416 g/mol. The molecule has 1 heterocycles. The van der Waals surface area contributed by atoms with Gasteiger partial charge in [0.15, 0.2) is 0 Å². The van der Waals surface area contributed by atoms with Gasteiger partial charge in [-0.05, 0) is 41.9 Å². The number of likely N-dealkylation sites (N-methyl/N-ethyl adjacent to an activating group) is 1. The number of rotatable bonds is 6. The van der Waals surface area contributed by atoms with E-state index in [1.165, 1.54) is 0 Å². The van der Waals surface area contributed by atoms with E-state index in [4.69, 9.17) is 5.73 Å². The Balaban J connectivity index is 0.00000320. The number of carbonyl (C=O) groups excluding carboxylic acids is 2. The molecule has 0 saturated carbocycles. The van der Waals surface area contributed by atoms with E-state index >= 15 is 0 Å². The molecule has 3 rings (SSSR count). The minimum atomic E-state index is -0.585. The number of primary amides is 1. The van der Waals surface area contributed by atoms with Gasteiger partial charge in [-0.3, -0.25) is 9.69 Å².